The molecule has 5 nitrogen and oxygen atoms in total. The van der Waals surface area contributed by atoms with E-state index in [1.807, 2.05) is 24.3 Å². The molecule has 6 heteroatoms. The fourth-order valence-corrected chi connectivity index (χ4v) is 1.99. The fourth-order valence-electron chi connectivity index (χ4n) is 1.91. The van der Waals surface area contributed by atoms with E-state index in [0.717, 1.165) is 12.8 Å². The summed E-state index contributed by atoms with van der Waals surface area (Å²) in [5.41, 5.74) is -0.814. The second kappa shape index (κ2) is 12.8. The normalized spacial score (nSPS) is 9.69. The molecule has 0 fully saturated rings. The Balaban J connectivity index is 0.000000289. The maximum atomic E-state index is 11.3. The Morgan fingerprint density at radius 1 is 0.846 bits per heavy atom. The molecule has 0 aliphatic carbocycles. The minimum atomic E-state index is -0.814. The lowest BCUT2D eigenvalue weighted by molar-refractivity contribution is 0.0824. The van der Waals surface area contributed by atoms with Crippen molar-refractivity contribution >= 4 is 23.2 Å². The van der Waals surface area contributed by atoms with Crippen LogP contribution in [0.15, 0.2) is 60.7 Å². The van der Waals surface area contributed by atoms with Gasteiger partial charge in [-0.1, -0.05) is 63.1 Å². The first-order valence-electron chi connectivity index (χ1n) is 8.37. The lowest BCUT2D eigenvalue weighted by atomic mass is 10.1. The largest absolute Gasteiger partial charge is 0.513 e. The van der Waals surface area contributed by atoms with Gasteiger partial charge in [0.1, 0.15) is 11.5 Å². The highest BCUT2D eigenvalue weighted by atomic mass is 35.5. The van der Waals surface area contributed by atoms with Gasteiger partial charge in [-0.05, 0) is 30.2 Å². The lowest BCUT2D eigenvalue weighted by Crippen LogP contribution is -2.16. The molecule has 0 saturated carbocycles. The van der Waals surface area contributed by atoms with Crippen LogP contribution in [0, 0.1) is 5.92 Å². The molecule has 0 saturated heterocycles. The van der Waals surface area contributed by atoms with E-state index in [2.05, 4.69) is 18.6 Å². The summed E-state index contributed by atoms with van der Waals surface area (Å²) in [6.45, 7) is 4.60. The standard InChI is InChI=1S/C13H18O3.C7H5ClO2/c1-3-11(4-2)10-15-13(14)16-12-8-6-5-7-9-12;8-7(9)10-6-4-2-1-3-5-6/h5-9,11H,3-4,10H2,1-2H3;1-5H. The van der Waals surface area contributed by atoms with E-state index in [-0.39, 0.29) is 0 Å². The van der Waals surface area contributed by atoms with Gasteiger partial charge in [0.15, 0.2) is 0 Å². The zero-order valence-electron chi connectivity index (χ0n) is 14.9. The predicted octanol–water partition coefficient (Wildman–Crippen LogP) is 6.06. The Morgan fingerprint density at radius 2 is 1.31 bits per heavy atom. The second-order valence-corrected chi connectivity index (χ2v) is 5.62. The smallest absolute Gasteiger partial charge is 0.434 e. The van der Waals surface area contributed by atoms with Gasteiger partial charge < -0.3 is 14.2 Å². The Morgan fingerprint density at radius 3 is 1.73 bits per heavy atom. The number of ether oxygens (including phenoxy) is 3. The van der Waals surface area contributed by atoms with Gasteiger partial charge in [-0.3, -0.25) is 0 Å². The molecule has 0 aliphatic heterocycles. The molecule has 0 N–H and O–H groups in total. The highest BCUT2D eigenvalue weighted by Gasteiger charge is 2.09. The van der Waals surface area contributed by atoms with Crippen LogP contribution in [-0.2, 0) is 4.74 Å². The Hall–Kier alpha value is -2.53. The third-order valence-electron chi connectivity index (χ3n) is 3.48. The van der Waals surface area contributed by atoms with Crippen molar-refractivity contribution in [3.05, 3.63) is 60.7 Å². The first-order chi connectivity index (χ1) is 12.5. The molecule has 140 valence electrons. The summed E-state index contributed by atoms with van der Waals surface area (Å²) in [6, 6.07) is 17.6. The zero-order chi connectivity index (χ0) is 19.2. The van der Waals surface area contributed by atoms with Gasteiger partial charge in [-0.15, -0.1) is 0 Å². The van der Waals surface area contributed by atoms with Crippen LogP contribution in [0.3, 0.4) is 0 Å². The molecule has 2 aromatic rings. The summed E-state index contributed by atoms with van der Waals surface area (Å²) < 4.78 is 14.6. The Bertz CT molecular complexity index is 642. The van der Waals surface area contributed by atoms with Crippen LogP contribution in [0.4, 0.5) is 9.59 Å². The summed E-state index contributed by atoms with van der Waals surface area (Å²) in [5.74, 6) is 1.39. The van der Waals surface area contributed by atoms with E-state index >= 15 is 0 Å². The van der Waals surface area contributed by atoms with Gasteiger partial charge in [0.25, 0.3) is 0 Å². The van der Waals surface area contributed by atoms with E-state index in [9.17, 15) is 9.59 Å². The van der Waals surface area contributed by atoms with Crippen molar-refractivity contribution < 1.29 is 23.8 Å². The molecular weight excluding hydrogens is 356 g/mol. The van der Waals surface area contributed by atoms with E-state index in [4.69, 9.17) is 21.1 Å². The molecule has 0 bridgehead atoms. The third-order valence-corrected chi connectivity index (χ3v) is 3.55. The summed E-state index contributed by atoms with van der Waals surface area (Å²) in [6.07, 6.45) is 1.39. The minimum absolute atomic E-state index is 0.420. The molecule has 0 radical (unpaired) electrons. The van der Waals surface area contributed by atoms with Crippen LogP contribution in [0.5, 0.6) is 11.5 Å². The van der Waals surface area contributed by atoms with Gasteiger partial charge in [0, 0.05) is 11.6 Å². The molecule has 0 heterocycles. The van der Waals surface area contributed by atoms with E-state index in [0.29, 0.717) is 24.0 Å². The third kappa shape index (κ3) is 9.69. The topological polar surface area (TPSA) is 61.8 Å². The lowest BCUT2D eigenvalue weighted by Gasteiger charge is -2.12. The number of halogens is 1. The summed E-state index contributed by atoms with van der Waals surface area (Å²) in [4.78, 5) is 21.5. The molecule has 2 rings (SSSR count). The average Bonchev–Trinajstić information content (AvgIpc) is 2.64. The summed E-state index contributed by atoms with van der Waals surface area (Å²) >= 11 is 4.95. The van der Waals surface area contributed by atoms with Crippen molar-refractivity contribution in [3.63, 3.8) is 0 Å². The van der Waals surface area contributed by atoms with Gasteiger partial charge in [-0.25, -0.2) is 9.59 Å². The number of hydrogen-bond acceptors (Lipinski definition) is 5. The quantitative estimate of drug-likeness (QED) is 0.347. The SMILES string of the molecule is CCC(CC)COC(=O)Oc1ccccc1.O=C(Cl)Oc1ccccc1. The van der Waals surface area contributed by atoms with Gasteiger partial charge in [-0.2, -0.15) is 0 Å². The van der Waals surface area contributed by atoms with Crippen molar-refractivity contribution in [2.75, 3.05) is 6.61 Å². The van der Waals surface area contributed by atoms with Gasteiger partial charge in [0.05, 0.1) is 6.61 Å². The second-order valence-electron chi connectivity index (χ2n) is 5.31. The van der Waals surface area contributed by atoms with Crippen LogP contribution in [0.2, 0.25) is 0 Å². The predicted molar refractivity (Wildman–Crippen MR) is 101 cm³/mol. The molecule has 0 spiro atoms. The number of benzene rings is 2. The summed E-state index contributed by atoms with van der Waals surface area (Å²) in [5, 5.41) is 0. The first kappa shape index (κ1) is 21.5. The highest BCUT2D eigenvalue weighted by molar-refractivity contribution is 6.61. The number of carbonyl (C=O) groups excluding carboxylic acids is 2. The Kier molecular flexibility index (Phi) is 10.6. The molecule has 0 amide bonds. The molecule has 0 aliphatic rings. The monoisotopic (exact) mass is 378 g/mol. The van der Waals surface area contributed by atoms with Crippen LogP contribution >= 0.6 is 11.6 Å². The van der Waals surface area contributed by atoms with Crippen molar-refractivity contribution in [3.8, 4) is 11.5 Å². The van der Waals surface area contributed by atoms with E-state index < -0.39 is 11.6 Å². The first-order valence-corrected chi connectivity index (χ1v) is 8.74. The number of rotatable bonds is 6. The number of hydrogen-bond donors (Lipinski definition) is 0. The zero-order valence-corrected chi connectivity index (χ0v) is 15.6. The highest BCUT2D eigenvalue weighted by Crippen LogP contribution is 2.12. The minimum Gasteiger partial charge on any atom is -0.434 e. The van der Waals surface area contributed by atoms with Crippen LogP contribution in [0.25, 0.3) is 0 Å². The Labute approximate surface area is 158 Å². The molecule has 2 aromatic carbocycles. The van der Waals surface area contributed by atoms with Crippen LogP contribution in [-0.4, -0.2) is 18.2 Å². The molecule has 0 aromatic heterocycles. The fraction of sp³-hybridized carbons (Fsp3) is 0.300. The average molecular weight is 379 g/mol. The van der Waals surface area contributed by atoms with Crippen molar-refractivity contribution in [1.29, 1.82) is 0 Å². The van der Waals surface area contributed by atoms with Crippen LogP contribution < -0.4 is 9.47 Å². The van der Waals surface area contributed by atoms with E-state index in [1.54, 1.807) is 36.4 Å². The van der Waals surface area contributed by atoms with E-state index in [1.165, 1.54) is 0 Å². The van der Waals surface area contributed by atoms with Crippen molar-refractivity contribution in [1.82, 2.24) is 0 Å². The summed E-state index contributed by atoms with van der Waals surface area (Å²) in [7, 11) is 0. The molecular formula is C20H23ClO5. The van der Waals surface area contributed by atoms with Crippen LogP contribution in [0.1, 0.15) is 26.7 Å². The van der Waals surface area contributed by atoms with Crippen molar-refractivity contribution in [2.24, 2.45) is 5.92 Å². The van der Waals surface area contributed by atoms with Gasteiger partial charge in [0.2, 0.25) is 0 Å². The maximum Gasteiger partial charge on any atom is 0.513 e. The molecule has 26 heavy (non-hydrogen) atoms. The van der Waals surface area contributed by atoms with Gasteiger partial charge >= 0.3 is 11.6 Å². The maximum absolute atomic E-state index is 11.3. The van der Waals surface area contributed by atoms with Crippen molar-refractivity contribution in [2.45, 2.75) is 26.7 Å². The number of carbonyl (C=O) groups is 2. The molecule has 0 atom stereocenters. The molecule has 0 unspecified atom stereocenters. The number of para-hydroxylation sites is 2.